The van der Waals surface area contributed by atoms with Crippen LogP contribution in [0.25, 0.3) is 0 Å². The van der Waals surface area contributed by atoms with Crippen LogP contribution in [0, 0.1) is 5.82 Å². The first kappa shape index (κ1) is 12.8. The summed E-state index contributed by atoms with van der Waals surface area (Å²) in [6.45, 7) is 1.28. The lowest BCUT2D eigenvalue weighted by Gasteiger charge is -2.06. The fourth-order valence-corrected chi connectivity index (χ4v) is 3.55. The average molecular weight is 276 g/mol. The van der Waals surface area contributed by atoms with Gasteiger partial charge in [0.2, 0.25) is 0 Å². The van der Waals surface area contributed by atoms with Crippen molar-refractivity contribution in [3.8, 4) is 0 Å². The van der Waals surface area contributed by atoms with E-state index in [1.54, 1.807) is 6.07 Å². The molecule has 0 saturated heterocycles. The number of aromatic nitrogens is 1. The standard InChI is InChI=1S/C15H17FN2S/c16-12-6-2-1-5-11(12)9-17-10-15-18-13-7-3-4-8-14(13)19-15/h1-2,5-6,17H,3-4,7-10H2. The highest BCUT2D eigenvalue weighted by Gasteiger charge is 2.14. The van der Waals surface area contributed by atoms with Gasteiger partial charge in [0.25, 0.3) is 0 Å². The van der Waals surface area contributed by atoms with Gasteiger partial charge in [-0.15, -0.1) is 11.3 Å². The molecule has 2 aromatic rings. The summed E-state index contributed by atoms with van der Waals surface area (Å²) in [5.41, 5.74) is 2.00. The lowest BCUT2D eigenvalue weighted by atomic mass is 10.0. The van der Waals surface area contributed by atoms with Gasteiger partial charge in [-0.3, -0.25) is 0 Å². The van der Waals surface area contributed by atoms with Crippen LogP contribution in [0.15, 0.2) is 24.3 Å². The Bertz CT molecular complexity index is 542. The molecule has 100 valence electrons. The molecule has 1 N–H and O–H groups in total. The lowest BCUT2D eigenvalue weighted by molar-refractivity contribution is 0.587. The number of thiazole rings is 1. The maximum absolute atomic E-state index is 13.4. The highest BCUT2D eigenvalue weighted by molar-refractivity contribution is 7.11. The zero-order valence-corrected chi connectivity index (χ0v) is 11.6. The topological polar surface area (TPSA) is 24.9 Å². The van der Waals surface area contributed by atoms with Gasteiger partial charge in [0.05, 0.1) is 5.69 Å². The summed E-state index contributed by atoms with van der Waals surface area (Å²) in [6.07, 6.45) is 4.86. The fraction of sp³-hybridized carbons (Fsp3) is 0.400. The van der Waals surface area contributed by atoms with Gasteiger partial charge >= 0.3 is 0 Å². The van der Waals surface area contributed by atoms with E-state index >= 15 is 0 Å². The van der Waals surface area contributed by atoms with Crippen LogP contribution in [0.5, 0.6) is 0 Å². The first-order chi connectivity index (χ1) is 9.33. The zero-order valence-electron chi connectivity index (χ0n) is 10.8. The summed E-state index contributed by atoms with van der Waals surface area (Å²) in [7, 11) is 0. The van der Waals surface area contributed by atoms with E-state index in [9.17, 15) is 4.39 Å². The monoisotopic (exact) mass is 276 g/mol. The van der Waals surface area contributed by atoms with Crippen LogP contribution in [0.4, 0.5) is 4.39 Å². The lowest BCUT2D eigenvalue weighted by Crippen LogP contribution is -2.13. The van der Waals surface area contributed by atoms with Crippen molar-refractivity contribution < 1.29 is 4.39 Å². The SMILES string of the molecule is Fc1ccccc1CNCc1nc2c(s1)CCCC2. The third-order valence-electron chi connectivity index (χ3n) is 3.44. The molecule has 19 heavy (non-hydrogen) atoms. The molecule has 1 aromatic heterocycles. The molecule has 1 aliphatic carbocycles. The van der Waals surface area contributed by atoms with Gasteiger partial charge in [0.1, 0.15) is 10.8 Å². The molecule has 1 aliphatic rings. The largest absolute Gasteiger partial charge is 0.306 e. The molecule has 0 radical (unpaired) electrons. The number of halogens is 1. The second kappa shape index (κ2) is 5.80. The van der Waals surface area contributed by atoms with Gasteiger partial charge < -0.3 is 5.32 Å². The van der Waals surface area contributed by atoms with E-state index in [1.807, 2.05) is 23.5 Å². The number of benzene rings is 1. The second-order valence-corrected chi connectivity index (χ2v) is 6.05. The number of nitrogens with zero attached hydrogens (tertiary/aromatic N) is 1. The van der Waals surface area contributed by atoms with Crippen LogP contribution < -0.4 is 5.32 Å². The number of hydrogen-bond donors (Lipinski definition) is 1. The van der Waals surface area contributed by atoms with Crippen molar-refractivity contribution in [2.24, 2.45) is 0 Å². The molecule has 0 fully saturated rings. The average Bonchev–Trinajstić information content (AvgIpc) is 2.83. The van der Waals surface area contributed by atoms with E-state index in [0.717, 1.165) is 18.0 Å². The Morgan fingerprint density at radius 2 is 2.00 bits per heavy atom. The van der Waals surface area contributed by atoms with Gasteiger partial charge in [-0.25, -0.2) is 9.37 Å². The number of fused-ring (bicyclic) bond motifs is 1. The van der Waals surface area contributed by atoms with E-state index in [0.29, 0.717) is 12.1 Å². The summed E-state index contributed by atoms with van der Waals surface area (Å²) in [5.74, 6) is -0.145. The van der Waals surface area contributed by atoms with Crippen LogP contribution in [-0.2, 0) is 25.9 Å². The minimum absolute atomic E-state index is 0.145. The Labute approximate surface area is 116 Å². The van der Waals surface area contributed by atoms with Crippen LogP contribution in [0.2, 0.25) is 0 Å². The van der Waals surface area contributed by atoms with Crippen molar-refractivity contribution in [1.82, 2.24) is 10.3 Å². The number of nitrogens with one attached hydrogen (secondary N) is 1. The number of aryl methyl sites for hydroxylation is 2. The molecule has 1 heterocycles. The number of hydrogen-bond acceptors (Lipinski definition) is 3. The molecule has 0 atom stereocenters. The fourth-order valence-electron chi connectivity index (χ4n) is 2.43. The summed E-state index contributed by atoms with van der Waals surface area (Å²) in [5, 5.41) is 4.40. The normalized spacial score (nSPS) is 14.4. The summed E-state index contributed by atoms with van der Waals surface area (Å²) in [6, 6.07) is 6.89. The maximum Gasteiger partial charge on any atom is 0.127 e. The molecule has 0 unspecified atom stereocenters. The molecule has 2 nitrogen and oxygen atoms in total. The molecule has 0 amide bonds. The first-order valence-corrected chi connectivity index (χ1v) is 7.56. The molecule has 1 aromatic carbocycles. The van der Waals surface area contributed by atoms with Crippen molar-refractivity contribution in [3.05, 3.63) is 51.2 Å². The van der Waals surface area contributed by atoms with Gasteiger partial charge in [-0.05, 0) is 31.7 Å². The summed E-state index contributed by atoms with van der Waals surface area (Å²) < 4.78 is 13.4. The van der Waals surface area contributed by atoms with Crippen LogP contribution >= 0.6 is 11.3 Å². The molecule has 4 heteroatoms. The van der Waals surface area contributed by atoms with E-state index in [2.05, 4.69) is 10.3 Å². The highest BCUT2D eigenvalue weighted by atomic mass is 32.1. The quantitative estimate of drug-likeness (QED) is 0.925. The van der Waals surface area contributed by atoms with Crippen molar-refractivity contribution in [1.29, 1.82) is 0 Å². The Kier molecular flexibility index (Phi) is 3.89. The van der Waals surface area contributed by atoms with Crippen molar-refractivity contribution in [2.45, 2.75) is 38.8 Å². The van der Waals surface area contributed by atoms with E-state index in [4.69, 9.17) is 0 Å². The smallest absolute Gasteiger partial charge is 0.127 e. The predicted molar refractivity (Wildman–Crippen MR) is 75.7 cm³/mol. The van der Waals surface area contributed by atoms with Crippen molar-refractivity contribution >= 4 is 11.3 Å². The Hall–Kier alpha value is -1.26. The summed E-state index contributed by atoms with van der Waals surface area (Å²) in [4.78, 5) is 6.12. The third kappa shape index (κ3) is 3.01. The zero-order chi connectivity index (χ0) is 13.1. The van der Waals surface area contributed by atoms with Crippen LogP contribution in [0.3, 0.4) is 0 Å². The maximum atomic E-state index is 13.4. The molecule has 3 rings (SSSR count). The van der Waals surface area contributed by atoms with Gasteiger partial charge in [-0.2, -0.15) is 0 Å². The van der Waals surface area contributed by atoms with Crippen molar-refractivity contribution in [2.75, 3.05) is 0 Å². The van der Waals surface area contributed by atoms with Gasteiger partial charge in [-0.1, -0.05) is 18.2 Å². The minimum atomic E-state index is -0.145. The van der Waals surface area contributed by atoms with E-state index in [-0.39, 0.29) is 5.82 Å². The Morgan fingerprint density at radius 1 is 1.16 bits per heavy atom. The highest BCUT2D eigenvalue weighted by Crippen LogP contribution is 2.26. The van der Waals surface area contributed by atoms with Gasteiger partial charge in [0, 0.05) is 23.5 Å². The molecular weight excluding hydrogens is 259 g/mol. The third-order valence-corrected chi connectivity index (χ3v) is 4.60. The molecule has 0 saturated carbocycles. The molecular formula is C15H17FN2S. The van der Waals surface area contributed by atoms with E-state index < -0.39 is 0 Å². The Balaban J connectivity index is 1.58. The predicted octanol–water partition coefficient (Wildman–Crippen LogP) is 3.45. The number of rotatable bonds is 4. The van der Waals surface area contributed by atoms with Crippen LogP contribution in [-0.4, -0.2) is 4.98 Å². The van der Waals surface area contributed by atoms with Gasteiger partial charge in [0.15, 0.2) is 0 Å². The second-order valence-electron chi connectivity index (χ2n) is 4.88. The Morgan fingerprint density at radius 3 is 2.84 bits per heavy atom. The molecule has 0 spiro atoms. The summed E-state index contributed by atoms with van der Waals surface area (Å²) >= 11 is 1.81. The first-order valence-electron chi connectivity index (χ1n) is 6.74. The molecule has 0 bridgehead atoms. The van der Waals surface area contributed by atoms with Crippen LogP contribution in [0.1, 0.15) is 34.0 Å². The van der Waals surface area contributed by atoms with Crippen molar-refractivity contribution in [3.63, 3.8) is 0 Å². The minimum Gasteiger partial charge on any atom is -0.306 e. The molecule has 0 aliphatic heterocycles. The van der Waals surface area contributed by atoms with E-state index in [1.165, 1.54) is 35.9 Å².